The number of carbonyl (C=O) groups excluding carboxylic acids is 2. The van der Waals surface area contributed by atoms with E-state index < -0.39 is 0 Å². The first-order valence-corrected chi connectivity index (χ1v) is 18.7. The quantitative estimate of drug-likeness (QED) is 0.0453. The number of aldehydes is 1. The molecule has 4 aromatic rings. The highest BCUT2D eigenvalue weighted by atomic mass is 35.5. The number of benzene rings is 2. The van der Waals surface area contributed by atoms with Gasteiger partial charge in [-0.25, -0.2) is 0 Å². The van der Waals surface area contributed by atoms with Gasteiger partial charge in [0.1, 0.15) is 5.75 Å². The fourth-order valence-corrected chi connectivity index (χ4v) is 7.59. The summed E-state index contributed by atoms with van der Waals surface area (Å²) in [7, 11) is 3.52. The maximum atomic E-state index is 12.4. The molecule has 0 saturated heterocycles. The third-order valence-corrected chi connectivity index (χ3v) is 10.8. The van der Waals surface area contributed by atoms with Gasteiger partial charge in [0.05, 0.1) is 40.5 Å². The lowest BCUT2D eigenvalue weighted by molar-refractivity contribution is -0.109. The third-order valence-electron chi connectivity index (χ3n) is 9.88. The average Bonchev–Trinajstić information content (AvgIpc) is 3.64. The fourth-order valence-electron chi connectivity index (χ4n) is 7.20. The first-order chi connectivity index (χ1) is 25.9. The van der Waals surface area contributed by atoms with E-state index in [0.29, 0.717) is 61.8 Å². The number of methoxy groups -OCH3 is 1. The highest BCUT2D eigenvalue weighted by molar-refractivity contribution is 6.34. The van der Waals surface area contributed by atoms with Crippen LogP contribution in [0.3, 0.4) is 0 Å². The van der Waals surface area contributed by atoms with Crippen molar-refractivity contribution in [1.29, 1.82) is 0 Å². The maximum Gasteiger partial charge on any atom is 0.207 e. The first kappa shape index (κ1) is 40.4. The number of allylic oxidation sites excluding steroid dienone is 5. The molecule has 1 unspecified atom stereocenters. The van der Waals surface area contributed by atoms with Crippen molar-refractivity contribution in [1.82, 2.24) is 19.7 Å². The van der Waals surface area contributed by atoms with Gasteiger partial charge in [-0.3, -0.25) is 14.3 Å². The minimum Gasteiger partial charge on any atom is -0.496 e. The van der Waals surface area contributed by atoms with Gasteiger partial charge in [0.2, 0.25) is 6.41 Å². The van der Waals surface area contributed by atoms with Crippen LogP contribution in [0.15, 0.2) is 77.5 Å². The molecule has 2 aromatic carbocycles. The van der Waals surface area contributed by atoms with Crippen LogP contribution in [0.5, 0.6) is 5.75 Å². The second kappa shape index (κ2) is 18.0. The summed E-state index contributed by atoms with van der Waals surface area (Å²) in [4.78, 5) is 23.6. The van der Waals surface area contributed by atoms with E-state index in [1.165, 1.54) is 0 Å². The Morgan fingerprint density at radius 1 is 1.07 bits per heavy atom. The van der Waals surface area contributed by atoms with Crippen LogP contribution in [0.25, 0.3) is 33.7 Å². The second-order valence-corrected chi connectivity index (χ2v) is 14.4. The molecule has 0 spiro atoms. The molecule has 2 N–H and O–H groups in total. The fraction of sp³-hybridized carbons (Fsp3) is 0.326. The van der Waals surface area contributed by atoms with Gasteiger partial charge < -0.3 is 24.7 Å². The summed E-state index contributed by atoms with van der Waals surface area (Å²) in [5.74, 6) is 0.601. The van der Waals surface area contributed by atoms with Crippen LogP contribution in [0, 0.1) is 13.8 Å². The molecule has 0 radical (unpaired) electrons. The molecule has 11 heteroatoms. The number of nitrogens with zero attached hydrogens (tertiary/aromatic N) is 3. The average molecular weight is 771 g/mol. The van der Waals surface area contributed by atoms with Gasteiger partial charge in [-0.2, -0.15) is 5.10 Å². The zero-order valence-electron chi connectivity index (χ0n) is 31.9. The Kier molecular flexibility index (Phi) is 13.5. The van der Waals surface area contributed by atoms with E-state index in [4.69, 9.17) is 37.8 Å². The molecule has 9 nitrogen and oxygen atoms in total. The highest BCUT2D eigenvalue weighted by Gasteiger charge is 2.24. The normalized spacial score (nSPS) is 14.6. The zero-order valence-corrected chi connectivity index (χ0v) is 33.5. The van der Waals surface area contributed by atoms with Crippen LogP contribution >= 0.6 is 23.2 Å². The molecule has 1 aliphatic rings. The van der Waals surface area contributed by atoms with Crippen molar-refractivity contribution in [3.8, 4) is 16.9 Å². The van der Waals surface area contributed by atoms with Gasteiger partial charge in [0.15, 0.2) is 6.29 Å². The van der Waals surface area contributed by atoms with E-state index in [0.717, 1.165) is 90.3 Å². The molecule has 0 fully saturated rings. The van der Waals surface area contributed by atoms with Gasteiger partial charge >= 0.3 is 0 Å². The summed E-state index contributed by atoms with van der Waals surface area (Å²) in [5.41, 5.74) is 11.6. The lowest BCUT2D eigenvalue weighted by Crippen LogP contribution is -2.21. The van der Waals surface area contributed by atoms with Crippen molar-refractivity contribution in [2.45, 2.75) is 59.6 Å². The SMILES string of the molecule is C=CC(=C)Cn1cc(C=O)c2c(OC)ccc(/C=C(\CCCOC3C=C(C)C(Cl)=C(C)C3)c3ccc(Cl)c(-c4c(C)nn(C)c4C)c3NCCNC=O)c21. The number of anilines is 1. The Bertz CT molecular complexity index is 2190. The lowest BCUT2D eigenvalue weighted by Gasteiger charge is -2.23. The Morgan fingerprint density at radius 3 is 2.50 bits per heavy atom. The zero-order chi connectivity index (χ0) is 39.1. The molecular weight excluding hydrogens is 721 g/mol. The minimum atomic E-state index is -0.0506. The number of nitrogens with one attached hydrogen (secondary N) is 2. The van der Waals surface area contributed by atoms with E-state index in [1.807, 2.05) is 74.5 Å². The van der Waals surface area contributed by atoms with Crippen LogP contribution in [-0.2, 0) is 23.1 Å². The summed E-state index contributed by atoms with van der Waals surface area (Å²) in [5, 5.41) is 13.2. The monoisotopic (exact) mass is 769 g/mol. The molecule has 2 aromatic heterocycles. The summed E-state index contributed by atoms with van der Waals surface area (Å²) >= 11 is 13.6. The smallest absolute Gasteiger partial charge is 0.207 e. The largest absolute Gasteiger partial charge is 0.496 e. The predicted octanol–water partition coefficient (Wildman–Crippen LogP) is 9.60. The first-order valence-electron chi connectivity index (χ1n) is 18.0. The standard InChI is InChI=1S/C43H49Cl2N5O4/c1-9-26(2)22-50-23-33(24-51)39-37(53-8)15-12-32(43(39)50)21-31(11-10-18-54-34-19-27(3)41(45)28(4)20-34)35-13-14-36(44)40(42(35)47-17-16-46-25-52)38-29(5)48-49(7)30(38)6/h9,12-15,19,21,23-25,34,47H,1-2,10-11,16-18,20,22H2,3-8H3,(H,46,52)/b31-21+. The Balaban J connectivity index is 1.70. The topological polar surface area (TPSA) is 99.4 Å². The molecular formula is C43H49Cl2N5O4. The number of ether oxygens (including phenoxy) is 2. The highest BCUT2D eigenvalue weighted by Crippen LogP contribution is 2.44. The predicted molar refractivity (Wildman–Crippen MR) is 223 cm³/mol. The molecule has 0 saturated carbocycles. The molecule has 0 bridgehead atoms. The summed E-state index contributed by atoms with van der Waals surface area (Å²) < 4.78 is 16.1. The molecule has 1 aliphatic carbocycles. The molecule has 54 heavy (non-hydrogen) atoms. The number of rotatable bonds is 18. The number of aromatic nitrogens is 3. The van der Waals surface area contributed by atoms with Gasteiger partial charge in [0.25, 0.3) is 0 Å². The molecule has 5 rings (SSSR count). The summed E-state index contributed by atoms with van der Waals surface area (Å²) in [6.07, 6.45) is 11.4. The number of hydrogen-bond acceptors (Lipinski definition) is 6. The second-order valence-electron chi connectivity index (χ2n) is 13.6. The van der Waals surface area contributed by atoms with Crippen molar-refractivity contribution in [2.75, 3.05) is 32.1 Å². The van der Waals surface area contributed by atoms with Crippen molar-refractivity contribution >= 4 is 64.1 Å². The minimum absolute atomic E-state index is 0.0506. The van der Waals surface area contributed by atoms with E-state index in [2.05, 4.69) is 35.9 Å². The maximum absolute atomic E-state index is 12.4. The van der Waals surface area contributed by atoms with E-state index in [1.54, 1.807) is 13.2 Å². The van der Waals surface area contributed by atoms with E-state index in [-0.39, 0.29) is 6.10 Å². The molecule has 1 atom stereocenters. The molecule has 1 amide bonds. The van der Waals surface area contributed by atoms with Crippen molar-refractivity contribution in [3.63, 3.8) is 0 Å². The Hall–Kier alpha value is -4.83. The van der Waals surface area contributed by atoms with Crippen LogP contribution < -0.4 is 15.4 Å². The lowest BCUT2D eigenvalue weighted by atomic mass is 9.91. The van der Waals surface area contributed by atoms with E-state index >= 15 is 0 Å². The number of amides is 1. The van der Waals surface area contributed by atoms with Crippen molar-refractivity contribution in [3.05, 3.63) is 111 Å². The van der Waals surface area contributed by atoms with Gasteiger partial charge in [-0.05, 0) is 93.5 Å². The number of halogens is 2. The summed E-state index contributed by atoms with van der Waals surface area (Å²) in [6, 6.07) is 7.87. The third kappa shape index (κ3) is 8.59. The number of carbonyl (C=O) groups is 2. The van der Waals surface area contributed by atoms with Gasteiger partial charge in [-0.1, -0.05) is 60.2 Å². The Labute approximate surface area is 328 Å². The van der Waals surface area contributed by atoms with Crippen molar-refractivity contribution in [2.24, 2.45) is 7.05 Å². The van der Waals surface area contributed by atoms with Gasteiger partial charge in [0, 0.05) is 72.5 Å². The van der Waals surface area contributed by atoms with Gasteiger partial charge in [-0.15, -0.1) is 0 Å². The summed E-state index contributed by atoms with van der Waals surface area (Å²) in [6.45, 7) is 18.0. The van der Waals surface area contributed by atoms with Crippen LogP contribution in [0.2, 0.25) is 5.02 Å². The number of fused-ring (bicyclic) bond motifs is 1. The number of aryl methyl sites for hydroxylation is 2. The van der Waals surface area contributed by atoms with Crippen LogP contribution in [0.1, 0.15) is 66.0 Å². The molecule has 2 heterocycles. The van der Waals surface area contributed by atoms with Crippen LogP contribution in [0.4, 0.5) is 5.69 Å². The van der Waals surface area contributed by atoms with E-state index in [9.17, 15) is 9.59 Å². The van der Waals surface area contributed by atoms with Crippen LogP contribution in [-0.4, -0.2) is 60.0 Å². The number of hydrogen-bond donors (Lipinski definition) is 2. The molecule has 284 valence electrons. The Morgan fingerprint density at radius 2 is 1.85 bits per heavy atom. The molecule has 0 aliphatic heterocycles. The van der Waals surface area contributed by atoms with Crippen molar-refractivity contribution < 1.29 is 19.1 Å².